The zero-order valence-corrected chi connectivity index (χ0v) is 8.24. The Labute approximate surface area is 83.6 Å². The van der Waals surface area contributed by atoms with Gasteiger partial charge in [-0.1, -0.05) is 0 Å². The van der Waals surface area contributed by atoms with E-state index in [2.05, 4.69) is 10.2 Å². The van der Waals surface area contributed by atoms with E-state index in [1.54, 1.807) is 0 Å². The lowest BCUT2D eigenvalue weighted by atomic mass is 10.1. The van der Waals surface area contributed by atoms with Crippen molar-refractivity contribution >= 4 is 6.09 Å². The number of piperidine rings is 1. The number of cyclic esters (lactones) is 1. The summed E-state index contributed by atoms with van der Waals surface area (Å²) in [6.45, 7) is 3.53. The fourth-order valence-corrected chi connectivity index (χ4v) is 1.96. The van der Waals surface area contributed by atoms with Crippen molar-refractivity contribution in [3.8, 4) is 0 Å². The van der Waals surface area contributed by atoms with Gasteiger partial charge in [-0.3, -0.25) is 4.90 Å². The maximum absolute atomic E-state index is 10.8. The summed E-state index contributed by atoms with van der Waals surface area (Å²) in [4.78, 5) is 13.1. The quantitative estimate of drug-likeness (QED) is 0.630. The zero-order chi connectivity index (χ0) is 9.97. The molecule has 2 aliphatic heterocycles. The Morgan fingerprint density at radius 2 is 2.21 bits per heavy atom. The number of nitrogens with one attached hydrogen (secondary N) is 1. The lowest BCUT2D eigenvalue weighted by Crippen LogP contribution is -2.43. The highest BCUT2D eigenvalue weighted by atomic mass is 16.6. The standard InChI is InChI=1S/C9H17N3O2/c10-7-1-3-12(4-2-7)6-8-5-11-9(13)14-8/h7-8H,1-6,10H2,(H,11,13). The zero-order valence-electron chi connectivity index (χ0n) is 8.24. The van der Waals surface area contributed by atoms with E-state index in [1.807, 2.05) is 0 Å². The number of likely N-dealkylation sites (tertiary alicyclic amines) is 1. The molecule has 5 nitrogen and oxygen atoms in total. The Bertz CT molecular complexity index is 214. The van der Waals surface area contributed by atoms with Crippen molar-refractivity contribution in [1.82, 2.24) is 10.2 Å². The summed E-state index contributed by atoms with van der Waals surface area (Å²) in [5, 5.41) is 2.66. The van der Waals surface area contributed by atoms with Gasteiger partial charge in [-0.15, -0.1) is 0 Å². The minimum Gasteiger partial charge on any atom is -0.443 e. The lowest BCUT2D eigenvalue weighted by Gasteiger charge is -2.31. The van der Waals surface area contributed by atoms with Gasteiger partial charge in [-0.05, 0) is 25.9 Å². The molecule has 80 valence electrons. The molecule has 0 aliphatic carbocycles. The van der Waals surface area contributed by atoms with Crippen LogP contribution in [0, 0.1) is 0 Å². The van der Waals surface area contributed by atoms with Gasteiger partial charge in [0.2, 0.25) is 0 Å². The van der Waals surface area contributed by atoms with Crippen molar-refractivity contribution in [2.75, 3.05) is 26.2 Å². The molecule has 3 N–H and O–H groups in total. The SMILES string of the molecule is NC1CCN(CC2CNC(=O)O2)CC1. The van der Waals surface area contributed by atoms with E-state index in [9.17, 15) is 4.79 Å². The molecule has 2 saturated heterocycles. The summed E-state index contributed by atoms with van der Waals surface area (Å²) in [6, 6.07) is 0.357. The maximum atomic E-state index is 10.8. The van der Waals surface area contributed by atoms with Crippen LogP contribution in [0.3, 0.4) is 0 Å². The third-order valence-corrected chi connectivity index (χ3v) is 2.84. The molecule has 1 atom stereocenters. The molecule has 0 bridgehead atoms. The van der Waals surface area contributed by atoms with Crippen LogP contribution in [0.1, 0.15) is 12.8 Å². The van der Waals surface area contributed by atoms with E-state index in [0.717, 1.165) is 32.5 Å². The summed E-state index contributed by atoms with van der Waals surface area (Å²) < 4.78 is 5.07. The third kappa shape index (κ3) is 2.36. The summed E-state index contributed by atoms with van der Waals surface area (Å²) in [7, 11) is 0. The van der Waals surface area contributed by atoms with Crippen LogP contribution in [-0.4, -0.2) is 49.3 Å². The van der Waals surface area contributed by atoms with E-state index in [-0.39, 0.29) is 12.2 Å². The van der Waals surface area contributed by atoms with E-state index in [4.69, 9.17) is 10.5 Å². The van der Waals surface area contributed by atoms with Gasteiger partial charge >= 0.3 is 6.09 Å². The van der Waals surface area contributed by atoms with Crippen molar-refractivity contribution in [1.29, 1.82) is 0 Å². The Kier molecular flexibility index (Phi) is 2.88. The Hall–Kier alpha value is -0.810. The predicted octanol–water partition coefficient (Wildman–Crippen LogP) is -0.482. The molecule has 1 unspecified atom stereocenters. The van der Waals surface area contributed by atoms with Crippen LogP contribution in [0.5, 0.6) is 0 Å². The molecule has 0 spiro atoms. The first kappa shape index (κ1) is 9.73. The second-order valence-corrected chi connectivity index (χ2v) is 4.05. The van der Waals surface area contributed by atoms with Crippen LogP contribution in [0.25, 0.3) is 0 Å². The number of hydrogen-bond donors (Lipinski definition) is 2. The average Bonchev–Trinajstić information content (AvgIpc) is 2.56. The van der Waals surface area contributed by atoms with Crippen LogP contribution in [0.15, 0.2) is 0 Å². The molecule has 2 heterocycles. The van der Waals surface area contributed by atoms with Gasteiger partial charge in [-0.25, -0.2) is 4.79 Å². The molecular formula is C9H17N3O2. The number of carbonyl (C=O) groups excluding carboxylic acids is 1. The third-order valence-electron chi connectivity index (χ3n) is 2.84. The van der Waals surface area contributed by atoms with Gasteiger partial charge in [-0.2, -0.15) is 0 Å². The molecule has 2 fully saturated rings. The molecule has 0 aromatic rings. The molecule has 2 rings (SSSR count). The number of rotatable bonds is 2. The number of ether oxygens (including phenoxy) is 1. The van der Waals surface area contributed by atoms with E-state index in [0.29, 0.717) is 12.6 Å². The van der Waals surface area contributed by atoms with Crippen molar-refractivity contribution < 1.29 is 9.53 Å². The maximum Gasteiger partial charge on any atom is 0.407 e. The highest BCUT2D eigenvalue weighted by molar-refractivity contribution is 5.69. The van der Waals surface area contributed by atoms with Crippen LogP contribution in [0.2, 0.25) is 0 Å². The molecule has 14 heavy (non-hydrogen) atoms. The van der Waals surface area contributed by atoms with Crippen molar-refractivity contribution in [2.24, 2.45) is 5.73 Å². The number of nitrogens with zero attached hydrogens (tertiary/aromatic N) is 1. The molecule has 0 radical (unpaired) electrons. The van der Waals surface area contributed by atoms with Crippen LogP contribution >= 0.6 is 0 Å². The summed E-state index contributed by atoms with van der Waals surface area (Å²) in [5.74, 6) is 0. The Morgan fingerprint density at radius 1 is 1.50 bits per heavy atom. The van der Waals surface area contributed by atoms with Crippen molar-refractivity contribution in [3.05, 3.63) is 0 Å². The molecular weight excluding hydrogens is 182 g/mol. The van der Waals surface area contributed by atoms with Gasteiger partial charge in [0.15, 0.2) is 0 Å². The number of alkyl carbamates (subject to hydrolysis) is 1. The topological polar surface area (TPSA) is 67.6 Å². The van der Waals surface area contributed by atoms with Crippen LogP contribution < -0.4 is 11.1 Å². The average molecular weight is 199 g/mol. The van der Waals surface area contributed by atoms with Gasteiger partial charge in [0.1, 0.15) is 6.10 Å². The molecule has 0 saturated carbocycles. The highest BCUT2D eigenvalue weighted by Crippen LogP contribution is 2.10. The molecule has 0 aromatic heterocycles. The van der Waals surface area contributed by atoms with Gasteiger partial charge in [0.05, 0.1) is 6.54 Å². The first-order valence-corrected chi connectivity index (χ1v) is 5.16. The Balaban J connectivity index is 1.72. The van der Waals surface area contributed by atoms with Gasteiger partial charge < -0.3 is 15.8 Å². The Morgan fingerprint density at radius 3 is 2.79 bits per heavy atom. The lowest BCUT2D eigenvalue weighted by molar-refractivity contribution is 0.0977. The largest absolute Gasteiger partial charge is 0.443 e. The smallest absolute Gasteiger partial charge is 0.407 e. The monoisotopic (exact) mass is 199 g/mol. The predicted molar refractivity (Wildman–Crippen MR) is 51.9 cm³/mol. The van der Waals surface area contributed by atoms with Gasteiger partial charge in [0.25, 0.3) is 0 Å². The van der Waals surface area contributed by atoms with Crippen LogP contribution in [0.4, 0.5) is 4.79 Å². The molecule has 5 heteroatoms. The van der Waals surface area contributed by atoms with E-state index < -0.39 is 0 Å². The molecule has 1 amide bonds. The minimum absolute atomic E-state index is 0.0248. The van der Waals surface area contributed by atoms with Crippen LogP contribution in [-0.2, 0) is 4.74 Å². The first-order valence-electron chi connectivity index (χ1n) is 5.16. The minimum atomic E-state index is -0.288. The number of amides is 1. The van der Waals surface area contributed by atoms with Crippen molar-refractivity contribution in [2.45, 2.75) is 25.0 Å². The highest BCUT2D eigenvalue weighted by Gasteiger charge is 2.26. The number of carbonyl (C=O) groups is 1. The number of hydrogen-bond acceptors (Lipinski definition) is 4. The fourth-order valence-electron chi connectivity index (χ4n) is 1.96. The normalized spacial score (nSPS) is 30.1. The fraction of sp³-hybridized carbons (Fsp3) is 0.889. The summed E-state index contributed by atoms with van der Waals surface area (Å²) in [5.41, 5.74) is 5.80. The second kappa shape index (κ2) is 4.14. The first-order chi connectivity index (χ1) is 6.74. The summed E-state index contributed by atoms with van der Waals surface area (Å²) >= 11 is 0. The number of nitrogens with two attached hydrogens (primary N) is 1. The second-order valence-electron chi connectivity index (χ2n) is 4.05. The van der Waals surface area contributed by atoms with E-state index >= 15 is 0 Å². The molecule has 2 aliphatic rings. The van der Waals surface area contributed by atoms with Gasteiger partial charge in [0, 0.05) is 12.6 Å². The van der Waals surface area contributed by atoms with Crippen molar-refractivity contribution in [3.63, 3.8) is 0 Å². The van der Waals surface area contributed by atoms with E-state index in [1.165, 1.54) is 0 Å². The molecule has 0 aromatic carbocycles. The summed E-state index contributed by atoms with van der Waals surface area (Å²) in [6.07, 6.45) is 1.84.